The van der Waals surface area contributed by atoms with E-state index in [2.05, 4.69) is 5.32 Å². The van der Waals surface area contributed by atoms with Gasteiger partial charge in [-0.05, 0) is 6.54 Å². The van der Waals surface area contributed by atoms with Crippen molar-refractivity contribution in [1.82, 2.24) is 5.32 Å². The third-order valence-electron chi connectivity index (χ3n) is 1.46. The topological polar surface area (TPSA) is 50.7 Å². The molecule has 0 aliphatic carbocycles. The van der Waals surface area contributed by atoms with E-state index in [1.165, 1.54) is 0 Å². The molecule has 1 atom stereocenters. The van der Waals surface area contributed by atoms with Crippen LogP contribution in [-0.4, -0.2) is 51.2 Å². The highest BCUT2D eigenvalue weighted by Gasteiger charge is 2.03. The molecule has 0 amide bonds. The molecule has 0 aliphatic rings. The lowest BCUT2D eigenvalue weighted by atomic mass is 10.3. The fourth-order valence-corrected chi connectivity index (χ4v) is 0.833. The Morgan fingerprint density at radius 3 is 2.67 bits per heavy atom. The van der Waals surface area contributed by atoms with Gasteiger partial charge in [-0.25, -0.2) is 0 Å². The van der Waals surface area contributed by atoms with Crippen LogP contribution in [0.5, 0.6) is 0 Å². The Labute approximate surface area is 73.9 Å². The largest absolute Gasteiger partial charge is 0.395 e. The number of methoxy groups -OCH3 is 1. The molecular formula is C8H19NO3. The number of rotatable bonds is 8. The van der Waals surface area contributed by atoms with Gasteiger partial charge < -0.3 is 19.9 Å². The SMILES string of the molecule is CCNC(CO)COCCOC. The van der Waals surface area contributed by atoms with Crippen LogP contribution in [0, 0.1) is 0 Å². The molecule has 0 aromatic carbocycles. The Balaban J connectivity index is 3.19. The molecule has 0 bridgehead atoms. The van der Waals surface area contributed by atoms with Gasteiger partial charge >= 0.3 is 0 Å². The van der Waals surface area contributed by atoms with E-state index >= 15 is 0 Å². The van der Waals surface area contributed by atoms with Crippen molar-refractivity contribution in [3.63, 3.8) is 0 Å². The van der Waals surface area contributed by atoms with Gasteiger partial charge in [0.2, 0.25) is 0 Å². The molecule has 0 spiro atoms. The van der Waals surface area contributed by atoms with Crippen LogP contribution in [0.4, 0.5) is 0 Å². The summed E-state index contributed by atoms with van der Waals surface area (Å²) >= 11 is 0. The second-order valence-electron chi connectivity index (χ2n) is 2.50. The van der Waals surface area contributed by atoms with E-state index in [4.69, 9.17) is 14.6 Å². The van der Waals surface area contributed by atoms with Crippen LogP contribution in [0.3, 0.4) is 0 Å². The quantitative estimate of drug-likeness (QED) is 0.496. The fourth-order valence-electron chi connectivity index (χ4n) is 0.833. The molecule has 74 valence electrons. The maximum absolute atomic E-state index is 8.84. The van der Waals surface area contributed by atoms with E-state index in [0.717, 1.165) is 6.54 Å². The van der Waals surface area contributed by atoms with Gasteiger partial charge in [0.25, 0.3) is 0 Å². The molecule has 12 heavy (non-hydrogen) atoms. The lowest BCUT2D eigenvalue weighted by molar-refractivity contribution is 0.0486. The molecule has 0 fully saturated rings. The third-order valence-corrected chi connectivity index (χ3v) is 1.46. The van der Waals surface area contributed by atoms with Crippen LogP contribution >= 0.6 is 0 Å². The van der Waals surface area contributed by atoms with Gasteiger partial charge in [-0.3, -0.25) is 0 Å². The molecule has 0 saturated heterocycles. The monoisotopic (exact) mass is 177 g/mol. The molecule has 0 rings (SSSR count). The summed E-state index contributed by atoms with van der Waals surface area (Å²) in [6.45, 7) is 4.67. The first-order valence-corrected chi connectivity index (χ1v) is 4.26. The molecule has 0 heterocycles. The Morgan fingerprint density at radius 2 is 2.17 bits per heavy atom. The van der Waals surface area contributed by atoms with Crippen molar-refractivity contribution < 1.29 is 14.6 Å². The molecule has 0 aromatic heterocycles. The molecule has 1 unspecified atom stereocenters. The van der Waals surface area contributed by atoms with Gasteiger partial charge in [-0.1, -0.05) is 6.92 Å². The maximum Gasteiger partial charge on any atom is 0.0701 e. The van der Waals surface area contributed by atoms with Gasteiger partial charge in [0.1, 0.15) is 0 Å². The number of ether oxygens (including phenoxy) is 2. The zero-order valence-electron chi connectivity index (χ0n) is 7.88. The van der Waals surface area contributed by atoms with E-state index < -0.39 is 0 Å². The van der Waals surface area contributed by atoms with E-state index in [9.17, 15) is 0 Å². The predicted molar refractivity (Wildman–Crippen MR) is 47.2 cm³/mol. The van der Waals surface area contributed by atoms with Crippen molar-refractivity contribution in [2.45, 2.75) is 13.0 Å². The summed E-state index contributed by atoms with van der Waals surface area (Å²) < 4.78 is 10.0. The Bertz CT molecular complexity index is 90.4. The molecule has 0 aliphatic heterocycles. The van der Waals surface area contributed by atoms with Gasteiger partial charge in [0.15, 0.2) is 0 Å². The average molecular weight is 177 g/mol. The van der Waals surface area contributed by atoms with E-state index in [0.29, 0.717) is 19.8 Å². The smallest absolute Gasteiger partial charge is 0.0701 e. The first-order valence-electron chi connectivity index (χ1n) is 4.26. The summed E-state index contributed by atoms with van der Waals surface area (Å²) in [6.07, 6.45) is 0. The molecule has 4 heteroatoms. The van der Waals surface area contributed by atoms with Gasteiger partial charge in [0, 0.05) is 7.11 Å². The molecule has 2 N–H and O–H groups in total. The highest BCUT2D eigenvalue weighted by atomic mass is 16.5. The first-order chi connectivity index (χ1) is 5.85. The van der Waals surface area contributed by atoms with Crippen molar-refractivity contribution >= 4 is 0 Å². The molecular weight excluding hydrogens is 158 g/mol. The van der Waals surface area contributed by atoms with Crippen LogP contribution in [0.15, 0.2) is 0 Å². The van der Waals surface area contributed by atoms with E-state index in [-0.39, 0.29) is 12.6 Å². The Hall–Kier alpha value is -0.160. The standard InChI is InChI=1S/C8H19NO3/c1-3-9-8(6-10)7-12-5-4-11-2/h8-10H,3-7H2,1-2H3. The normalized spacial score (nSPS) is 13.2. The van der Waals surface area contributed by atoms with E-state index in [1.807, 2.05) is 6.92 Å². The van der Waals surface area contributed by atoms with Crippen molar-refractivity contribution in [2.75, 3.05) is 40.1 Å². The Kier molecular flexibility index (Phi) is 8.81. The minimum absolute atomic E-state index is 0.0480. The molecule has 0 radical (unpaired) electrons. The van der Waals surface area contributed by atoms with E-state index in [1.54, 1.807) is 7.11 Å². The number of aliphatic hydroxyl groups excluding tert-OH is 1. The summed E-state index contributed by atoms with van der Waals surface area (Å²) in [5.41, 5.74) is 0. The maximum atomic E-state index is 8.84. The second-order valence-corrected chi connectivity index (χ2v) is 2.50. The number of hydrogen-bond acceptors (Lipinski definition) is 4. The summed E-state index contributed by atoms with van der Waals surface area (Å²) in [6, 6.07) is 0.0480. The highest BCUT2D eigenvalue weighted by Crippen LogP contribution is 1.84. The van der Waals surface area contributed by atoms with Crippen molar-refractivity contribution in [2.24, 2.45) is 0 Å². The van der Waals surface area contributed by atoms with Crippen LogP contribution < -0.4 is 5.32 Å². The van der Waals surface area contributed by atoms with Crippen LogP contribution in [0.25, 0.3) is 0 Å². The van der Waals surface area contributed by atoms with Gasteiger partial charge in [-0.2, -0.15) is 0 Å². The van der Waals surface area contributed by atoms with Crippen LogP contribution in [0.1, 0.15) is 6.92 Å². The van der Waals surface area contributed by atoms with Crippen molar-refractivity contribution in [1.29, 1.82) is 0 Å². The van der Waals surface area contributed by atoms with Crippen molar-refractivity contribution in [3.05, 3.63) is 0 Å². The molecule has 0 aromatic rings. The van der Waals surface area contributed by atoms with Crippen molar-refractivity contribution in [3.8, 4) is 0 Å². The molecule has 4 nitrogen and oxygen atoms in total. The first kappa shape index (κ1) is 11.8. The summed E-state index contributed by atoms with van der Waals surface area (Å²) in [5, 5.41) is 11.9. The Morgan fingerprint density at radius 1 is 1.42 bits per heavy atom. The van der Waals surface area contributed by atoms with Gasteiger partial charge in [-0.15, -0.1) is 0 Å². The third kappa shape index (κ3) is 6.54. The zero-order valence-corrected chi connectivity index (χ0v) is 7.88. The summed E-state index contributed by atoms with van der Waals surface area (Å²) in [4.78, 5) is 0. The minimum atomic E-state index is 0.0480. The summed E-state index contributed by atoms with van der Waals surface area (Å²) in [5.74, 6) is 0. The second kappa shape index (κ2) is 8.93. The lowest BCUT2D eigenvalue weighted by Crippen LogP contribution is -2.36. The number of hydrogen-bond donors (Lipinski definition) is 2. The minimum Gasteiger partial charge on any atom is -0.395 e. The average Bonchev–Trinajstić information content (AvgIpc) is 2.10. The number of likely N-dealkylation sites (N-methyl/N-ethyl adjacent to an activating group) is 1. The zero-order chi connectivity index (χ0) is 9.23. The predicted octanol–water partition coefficient (Wildman–Crippen LogP) is -0.380. The lowest BCUT2D eigenvalue weighted by Gasteiger charge is -2.14. The summed E-state index contributed by atoms with van der Waals surface area (Å²) in [7, 11) is 1.64. The fraction of sp³-hybridized carbons (Fsp3) is 1.00. The van der Waals surface area contributed by atoms with Gasteiger partial charge in [0.05, 0.1) is 32.5 Å². The van der Waals surface area contributed by atoms with Crippen LogP contribution in [-0.2, 0) is 9.47 Å². The number of nitrogens with one attached hydrogen (secondary N) is 1. The van der Waals surface area contributed by atoms with Crippen LogP contribution in [0.2, 0.25) is 0 Å². The molecule has 0 saturated carbocycles. The number of aliphatic hydroxyl groups is 1. The highest BCUT2D eigenvalue weighted by molar-refractivity contribution is 4.62.